The fraction of sp³-hybridized carbons (Fsp3) is 0.700. The van der Waals surface area contributed by atoms with Crippen molar-refractivity contribution in [2.45, 2.75) is 26.3 Å². The van der Waals surface area contributed by atoms with E-state index in [0.717, 1.165) is 6.42 Å². The Balaban J connectivity index is 2.66. The molecule has 0 aromatic heterocycles. The Morgan fingerprint density at radius 1 is 1.50 bits per heavy atom. The molecule has 90 valence electrons. The number of esters is 1. The molecule has 1 rings (SSSR count). The highest BCUT2D eigenvalue weighted by atomic mass is 16.5. The van der Waals surface area contributed by atoms with Crippen LogP contribution in [0.2, 0.25) is 0 Å². The second kappa shape index (κ2) is 5.48. The van der Waals surface area contributed by atoms with Gasteiger partial charge in [-0.3, -0.25) is 9.59 Å². The third kappa shape index (κ3) is 2.71. The van der Waals surface area contributed by atoms with Gasteiger partial charge in [-0.05, 0) is 13.3 Å². The molecule has 1 unspecified atom stereocenters. The van der Waals surface area contributed by atoms with Gasteiger partial charge in [-0.1, -0.05) is 6.92 Å². The first-order valence-corrected chi connectivity index (χ1v) is 5.36. The minimum Gasteiger partial charge on any atom is -0.464 e. The molecule has 6 heteroatoms. The summed E-state index contributed by atoms with van der Waals surface area (Å²) in [6.07, 6.45) is 0.745. The second-order valence-electron chi connectivity index (χ2n) is 3.53. The molecule has 1 aliphatic heterocycles. The van der Waals surface area contributed by atoms with E-state index in [4.69, 9.17) is 4.74 Å². The third-order valence-electron chi connectivity index (χ3n) is 2.25. The number of ether oxygens (including phenoxy) is 1. The molecule has 0 radical (unpaired) electrons. The first-order valence-electron chi connectivity index (χ1n) is 5.36. The van der Waals surface area contributed by atoms with E-state index in [1.165, 1.54) is 4.90 Å². The number of carbonyl (C=O) groups excluding carboxylic acids is 3. The van der Waals surface area contributed by atoms with Crippen molar-refractivity contribution < 1.29 is 19.1 Å². The molecule has 1 N–H and O–H groups in total. The Labute approximate surface area is 93.9 Å². The lowest BCUT2D eigenvalue weighted by atomic mass is 10.2. The van der Waals surface area contributed by atoms with Gasteiger partial charge >= 0.3 is 17.8 Å². The van der Waals surface area contributed by atoms with Gasteiger partial charge in [0.2, 0.25) is 0 Å². The zero-order valence-electron chi connectivity index (χ0n) is 9.49. The lowest BCUT2D eigenvalue weighted by Gasteiger charge is -2.31. The van der Waals surface area contributed by atoms with E-state index in [0.29, 0.717) is 6.54 Å². The van der Waals surface area contributed by atoms with E-state index in [2.05, 4.69) is 5.32 Å². The van der Waals surface area contributed by atoms with Gasteiger partial charge < -0.3 is 15.0 Å². The van der Waals surface area contributed by atoms with Crippen LogP contribution < -0.4 is 5.32 Å². The Morgan fingerprint density at radius 3 is 2.75 bits per heavy atom. The van der Waals surface area contributed by atoms with E-state index >= 15 is 0 Å². The predicted molar refractivity (Wildman–Crippen MR) is 55.4 cm³/mol. The average molecular weight is 228 g/mol. The van der Waals surface area contributed by atoms with Gasteiger partial charge in [0.05, 0.1) is 13.2 Å². The lowest BCUT2D eigenvalue weighted by molar-refractivity contribution is -0.156. The first-order chi connectivity index (χ1) is 7.60. The summed E-state index contributed by atoms with van der Waals surface area (Å²) in [5.74, 6) is -1.82. The summed E-state index contributed by atoms with van der Waals surface area (Å²) in [5.41, 5.74) is 0. The number of nitrogens with one attached hydrogen (secondary N) is 1. The standard InChI is InChI=1S/C10H16N2O4/c1-3-5-12-6-7(10(15)16-4-2)11-8(13)9(12)14/h7H,3-6H2,1-2H3,(H,11,13). The number of rotatable bonds is 4. The molecule has 16 heavy (non-hydrogen) atoms. The molecular formula is C10H16N2O4. The molecule has 6 nitrogen and oxygen atoms in total. The SMILES string of the molecule is CCCN1CC(C(=O)OCC)NC(=O)C1=O. The zero-order chi connectivity index (χ0) is 12.1. The molecule has 0 saturated carbocycles. The summed E-state index contributed by atoms with van der Waals surface area (Å²) in [5, 5.41) is 2.33. The van der Waals surface area contributed by atoms with Gasteiger partial charge in [-0.25, -0.2) is 4.79 Å². The highest BCUT2D eigenvalue weighted by Crippen LogP contribution is 2.04. The lowest BCUT2D eigenvalue weighted by Crippen LogP contribution is -2.60. The minimum atomic E-state index is -0.739. The van der Waals surface area contributed by atoms with E-state index < -0.39 is 23.8 Å². The number of hydrogen-bond donors (Lipinski definition) is 1. The fourth-order valence-corrected chi connectivity index (χ4v) is 1.55. The number of carbonyl (C=O) groups is 3. The van der Waals surface area contributed by atoms with Crippen molar-refractivity contribution >= 4 is 17.8 Å². The van der Waals surface area contributed by atoms with Crippen LogP contribution in [0.15, 0.2) is 0 Å². The van der Waals surface area contributed by atoms with E-state index in [1.54, 1.807) is 6.92 Å². The van der Waals surface area contributed by atoms with Gasteiger partial charge in [-0.15, -0.1) is 0 Å². The van der Waals surface area contributed by atoms with Gasteiger partial charge in [-0.2, -0.15) is 0 Å². The summed E-state index contributed by atoms with van der Waals surface area (Å²) in [6.45, 7) is 4.52. The average Bonchev–Trinajstić information content (AvgIpc) is 2.25. The van der Waals surface area contributed by atoms with Crippen molar-refractivity contribution in [3.63, 3.8) is 0 Å². The van der Waals surface area contributed by atoms with Gasteiger partial charge in [0.25, 0.3) is 0 Å². The molecule has 1 fully saturated rings. The number of piperazine rings is 1. The van der Waals surface area contributed by atoms with E-state index in [-0.39, 0.29) is 13.2 Å². The topological polar surface area (TPSA) is 75.7 Å². The molecule has 2 amide bonds. The van der Waals surface area contributed by atoms with Crippen molar-refractivity contribution in [2.75, 3.05) is 19.7 Å². The monoisotopic (exact) mass is 228 g/mol. The Morgan fingerprint density at radius 2 is 2.19 bits per heavy atom. The molecule has 1 heterocycles. The van der Waals surface area contributed by atoms with E-state index in [9.17, 15) is 14.4 Å². The molecule has 1 atom stereocenters. The molecule has 1 saturated heterocycles. The Hall–Kier alpha value is -1.59. The van der Waals surface area contributed by atoms with Gasteiger partial charge in [0.15, 0.2) is 0 Å². The molecule has 0 aromatic carbocycles. The second-order valence-corrected chi connectivity index (χ2v) is 3.53. The molecule has 0 bridgehead atoms. The van der Waals surface area contributed by atoms with Crippen LogP contribution in [0, 0.1) is 0 Å². The molecule has 0 aromatic rings. The van der Waals surface area contributed by atoms with Gasteiger partial charge in [0, 0.05) is 6.54 Å². The summed E-state index contributed by atoms with van der Waals surface area (Å²) < 4.78 is 4.80. The third-order valence-corrected chi connectivity index (χ3v) is 2.25. The van der Waals surface area contributed by atoms with Crippen molar-refractivity contribution in [3.05, 3.63) is 0 Å². The minimum absolute atomic E-state index is 0.192. The highest BCUT2D eigenvalue weighted by molar-refractivity contribution is 6.36. The maximum absolute atomic E-state index is 11.4. The van der Waals surface area contributed by atoms with Crippen molar-refractivity contribution in [2.24, 2.45) is 0 Å². The van der Waals surface area contributed by atoms with Crippen molar-refractivity contribution in [3.8, 4) is 0 Å². The first kappa shape index (κ1) is 12.5. The van der Waals surface area contributed by atoms with Crippen LogP contribution in [0.25, 0.3) is 0 Å². The number of nitrogens with zero attached hydrogens (tertiary/aromatic N) is 1. The molecular weight excluding hydrogens is 212 g/mol. The van der Waals surface area contributed by atoms with Crippen molar-refractivity contribution in [1.82, 2.24) is 10.2 Å². The smallest absolute Gasteiger partial charge is 0.330 e. The summed E-state index contributed by atoms with van der Waals surface area (Å²) >= 11 is 0. The van der Waals surface area contributed by atoms with E-state index in [1.807, 2.05) is 6.92 Å². The van der Waals surface area contributed by atoms with Crippen LogP contribution in [0.4, 0.5) is 0 Å². The summed E-state index contributed by atoms with van der Waals surface area (Å²) in [4.78, 5) is 35.5. The maximum Gasteiger partial charge on any atom is 0.330 e. The van der Waals surface area contributed by atoms with Crippen LogP contribution >= 0.6 is 0 Å². The Bertz CT molecular complexity index is 303. The summed E-state index contributed by atoms with van der Waals surface area (Å²) in [7, 11) is 0. The van der Waals surface area contributed by atoms with Crippen molar-refractivity contribution in [1.29, 1.82) is 0 Å². The summed E-state index contributed by atoms with van der Waals surface area (Å²) in [6, 6.07) is -0.739. The van der Waals surface area contributed by atoms with Gasteiger partial charge in [0.1, 0.15) is 6.04 Å². The molecule has 0 spiro atoms. The number of hydrogen-bond acceptors (Lipinski definition) is 4. The van der Waals surface area contributed by atoms with Crippen LogP contribution in [0.3, 0.4) is 0 Å². The van der Waals surface area contributed by atoms with Crippen LogP contribution in [-0.2, 0) is 19.1 Å². The van der Waals surface area contributed by atoms with Crippen LogP contribution in [0.1, 0.15) is 20.3 Å². The maximum atomic E-state index is 11.4. The molecule has 1 aliphatic rings. The predicted octanol–water partition coefficient (Wildman–Crippen LogP) is -0.713. The molecule has 0 aliphatic carbocycles. The van der Waals surface area contributed by atoms with Crippen LogP contribution in [0.5, 0.6) is 0 Å². The normalized spacial score (nSPS) is 20.6. The Kier molecular flexibility index (Phi) is 4.28. The quantitative estimate of drug-likeness (QED) is 0.509. The fourth-order valence-electron chi connectivity index (χ4n) is 1.55. The highest BCUT2D eigenvalue weighted by Gasteiger charge is 2.35. The largest absolute Gasteiger partial charge is 0.464 e. The number of amides is 2. The van der Waals surface area contributed by atoms with Crippen LogP contribution in [-0.4, -0.2) is 48.4 Å². The zero-order valence-corrected chi connectivity index (χ0v) is 9.49.